The van der Waals surface area contributed by atoms with E-state index < -0.39 is 10.0 Å². The number of nitrogens with one attached hydrogen (secondary N) is 1. The zero-order chi connectivity index (χ0) is 15.6. The van der Waals surface area contributed by atoms with Gasteiger partial charge in [0.1, 0.15) is 0 Å². The summed E-state index contributed by atoms with van der Waals surface area (Å²) in [6, 6.07) is 0.463. The van der Waals surface area contributed by atoms with Gasteiger partial charge < -0.3 is 10.2 Å². The Hall–Kier alpha value is -0.170. The van der Waals surface area contributed by atoms with Gasteiger partial charge in [-0.3, -0.25) is 0 Å². The van der Waals surface area contributed by atoms with Crippen LogP contribution in [0, 0.1) is 0 Å². The number of rotatable bonds is 12. The maximum atomic E-state index is 12.2. The van der Waals surface area contributed by atoms with Crippen molar-refractivity contribution in [3.05, 3.63) is 0 Å². The van der Waals surface area contributed by atoms with E-state index in [4.69, 9.17) is 0 Å². The van der Waals surface area contributed by atoms with Crippen LogP contribution in [0.25, 0.3) is 0 Å². The van der Waals surface area contributed by atoms with Crippen molar-refractivity contribution in [2.24, 2.45) is 0 Å². The second kappa shape index (κ2) is 10.5. The Balaban J connectivity index is 4.03. The van der Waals surface area contributed by atoms with Gasteiger partial charge in [-0.05, 0) is 46.4 Å². The summed E-state index contributed by atoms with van der Waals surface area (Å²) < 4.78 is 26.1. The second-order valence-corrected chi connectivity index (χ2v) is 7.87. The molecule has 0 spiro atoms. The van der Waals surface area contributed by atoms with E-state index in [1.807, 2.05) is 21.0 Å². The minimum absolute atomic E-state index is 0.266. The third kappa shape index (κ3) is 9.69. The summed E-state index contributed by atoms with van der Waals surface area (Å²) in [7, 11) is 0.929. The molecule has 6 heteroatoms. The molecule has 0 saturated carbocycles. The van der Waals surface area contributed by atoms with Crippen molar-refractivity contribution in [3.8, 4) is 0 Å². The standard InChI is InChI=1S/C14H33N3O2S/c1-6-17(12-9-11-16(4)5)20(18,19)13-8-7-10-15-14(2)3/h14-15H,6-13H2,1-5H3. The quantitative estimate of drug-likeness (QED) is 0.553. The van der Waals surface area contributed by atoms with Crippen LogP contribution in [0.1, 0.15) is 40.0 Å². The molecule has 0 heterocycles. The lowest BCUT2D eigenvalue weighted by molar-refractivity contribution is 0.355. The Labute approximate surface area is 125 Å². The van der Waals surface area contributed by atoms with Gasteiger partial charge in [0, 0.05) is 19.1 Å². The molecule has 0 rings (SSSR count). The lowest BCUT2D eigenvalue weighted by Gasteiger charge is -2.21. The smallest absolute Gasteiger partial charge is 0.214 e. The second-order valence-electron chi connectivity index (χ2n) is 5.78. The van der Waals surface area contributed by atoms with Crippen molar-refractivity contribution in [1.29, 1.82) is 0 Å². The summed E-state index contributed by atoms with van der Waals surface area (Å²) in [5.41, 5.74) is 0. The van der Waals surface area contributed by atoms with Crippen LogP contribution in [0.5, 0.6) is 0 Å². The van der Waals surface area contributed by atoms with Gasteiger partial charge in [-0.25, -0.2) is 12.7 Å². The Morgan fingerprint density at radius 1 is 1.05 bits per heavy atom. The molecule has 0 fully saturated rings. The molecule has 0 unspecified atom stereocenters. The number of hydrogen-bond donors (Lipinski definition) is 1. The van der Waals surface area contributed by atoms with E-state index in [9.17, 15) is 8.42 Å². The van der Waals surface area contributed by atoms with Crippen LogP contribution in [0.4, 0.5) is 0 Å². The highest BCUT2D eigenvalue weighted by Crippen LogP contribution is 2.06. The lowest BCUT2D eigenvalue weighted by Crippen LogP contribution is -2.35. The average Bonchev–Trinajstić information content (AvgIpc) is 2.33. The van der Waals surface area contributed by atoms with Crippen LogP contribution in [-0.4, -0.2) is 69.7 Å². The largest absolute Gasteiger partial charge is 0.315 e. The van der Waals surface area contributed by atoms with Crippen LogP contribution in [0.15, 0.2) is 0 Å². The third-order valence-electron chi connectivity index (χ3n) is 3.14. The van der Waals surface area contributed by atoms with E-state index in [1.54, 1.807) is 4.31 Å². The predicted octanol–water partition coefficient (Wildman–Crippen LogP) is 1.37. The monoisotopic (exact) mass is 307 g/mol. The molecule has 20 heavy (non-hydrogen) atoms. The van der Waals surface area contributed by atoms with Crippen molar-refractivity contribution in [2.75, 3.05) is 46.0 Å². The molecule has 5 nitrogen and oxygen atoms in total. The zero-order valence-electron chi connectivity index (χ0n) is 13.9. The van der Waals surface area contributed by atoms with Crippen LogP contribution in [0.3, 0.4) is 0 Å². The molecule has 122 valence electrons. The Bertz CT molecular complexity index is 329. The van der Waals surface area contributed by atoms with Crippen LogP contribution < -0.4 is 5.32 Å². The van der Waals surface area contributed by atoms with Gasteiger partial charge in [0.25, 0.3) is 0 Å². The van der Waals surface area contributed by atoms with Crippen LogP contribution >= 0.6 is 0 Å². The highest BCUT2D eigenvalue weighted by molar-refractivity contribution is 7.89. The Morgan fingerprint density at radius 2 is 1.70 bits per heavy atom. The first kappa shape index (κ1) is 19.8. The molecule has 0 aromatic carbocycles. The van der Waals surface area contributed by atoms with E-state index in [2.05, 4.69) is 24.1 Å². The van der Waals surface area contributed by atoms with E-state index in [0.29, 0.717) is 19.1 Å². The normalized spacial score (nSPS) is 12.8. The van der Waals surface area contributed by atoms with Gasteiger partial charge in [0.2, 0.25) is 10.0 Å². The van der Waals surface area contributed by atoms with E-state index in [1.165, 1.54) is 0 Å². The molecule has 1 N–H and O–H groups in total. The minimum Gasteiger partial charge on any atom is -0.315 e. The van der Waals surface area contributed by atoms with Gasteiger partial charge in [0.05, 0.1) is 5.75 Å². The Morgan fingerprint density at radius 3 is 2.20 bits per heavy atom. The molecular formula is C14H33N3O2S. The van der Waals surface area contributed by atoms with E-state index in [-0.39, 0.29) is 5.75 Å². The van der Waals surface area contributed by atoms with Crippen molar-refractivity contribution in [2.45, 2.75) is 46.1 Å². The molecule has 0 amide bonds. The van der Waals surface area contributed by atoms with Crippen molar-refractivity contribution in [1.82, 2.24) is 14.5 Å². The summed E-state index contributed by atoms with van der Waals surface area (Å²) in [5, 5.41) is 3.31. The number of hydrogen-bond acceptors (Lipinski definition) is 4. The van der Waals surface area contributed by atoms with Gasteiger partial charge in [0.15, 0.2) is 0 Å². The van der Waals surface area contributed by atoms with E-state index >= 15 is 0 Å². The highest BCUT2D eigenvalue weighted by Gasteiger charge is 2.19. The van der Waals surface area contributed by atoms with Crippen molar-refractivity contribution < 1.29 is 8.42 Å². The maximum absolute atomic E-state index is 12.2. The van der Waals surface area contributed by atoms with Gasteiger partial charge >= 0.3 is 0 Å². The minimum atomic E-state index is -3.08. The number of unbranched alkanes of at least 4 members (excludes halogenated alkanes) is 1. The molecule has 0 aromatic rings. The first-order valence-corrected chi connectivity index (χ1v) is 9.26. The summed E-state index contributed by atoms with van der Waals surface area (Å²) in [5.74, 6) is 0.266. The molecule has 0 saturated heterocycles. The molecule has 0 bridgehead atoms. The van der Waals surface area contributed by atoms with Crippen LogP contribution in [-0.2, 0) is 10.0 Å². The maximum Gasteiger partial charge on any atom is 0.214 e. The number of sulfonamides is 1. The molecular weight excluding hydrogens is 274 g/mol. The molecule has 0 atom stereocenters. The molecule has 0 radical (unpaired) electrons. The average molecular weight is 308 g/mol. The van der Waals surface area contributed by atoms with Crippen molar-refractivity contribution in [3.63, 3.8) is 0 Å². The first-order chi connectivity index (χ1) is 9.29. The first-order valence-electron chi connectivity index (χ1n) is 7.65. The van der Waals surface area contributed by atoms with Crippen molar-refractivity contribution >= 4 is 10.0 Å². The fourth-order valence-corrected chi connectivity index (χ4v) is 3.61. The Kier molecular flexibility index (Phi) is 10.5. The highest BCUT2D eigenvalue weighted by atomic mass is 32.2. The van der Waals surface area contributed by atoms with Crippen LogP contribution in [0.2, 0.25) is 0 Å². The number of nitrogens with zero attached hydrogens (tertiary/aromatic N) is 2. The third-order valence-corrected chi connectivity index (χ3v) is 5.17. The van der Waals surface area contributed by atoms with Gasteiger partial charge in [-0.15, -0.1) is 0 Å². The molecule has 0 aliphatic heterocycles. The SMILES string of the molecule is CCN(CCCN(C)C)S(=O)(=O)CCCCNC(C)C. The topological polar surface area (TPSA) is 52.7 Å². The summed E-state index contributed by atoms with van der Waals surface area (Å²) in [6.45, 7) is 9.11. The van der Waals surface area contributed by atoms with Gasteiger partial charge in [-0.2, -0.15) is 0 Å². The summed E-state index contributed by atoms with van der Waals surface area (Å²) >= 11 is 0. The zero-order valence-corrected chi connectivity index (χ0v) is 14.7. The van der Waals surface area contributed by atoms with Gasteiger partial charge in [-0.1, -0.05) is 20.8 Å². The molecule has 0 aromatic heterocycles. The fraction of sp³-hybridized carbons (Fsp3) is 1.00. The lowest BCUT2D eigenvalue weighted by atomic mass is 10.3. The predicted molar refractivity (Wildman–Crippen MR) is 86.6 cm³/mol. The summed E-state index contributed by atoms with van der Waals surface area (Å²) in [4.78, 5) is 2.08. The molecule has 0 aliphatic rings. The fourth-order valence-electron chi connectivity index (χ4n) is 1.99. The summed E-state index contributed by atoms with van der Waals surface area (Å²) in [6.07, 6.45) is 2.52. The molecule has 0 aliphatic carbocycles. The van der Waals surface area contributed by atoms with E-state index in [0.717, 1.165) is 32.4 Å².